The van der Waals surface area contributed by atoms with Crippen molar-refractivity contribution in [2.75, 3.05) is 0 Å². The maximum Gasteiger partial charge on any atom is 0.255 e. The smallest absolute Gasteiger partial charge is 0.255 e. The van der Waals surface area contributed by atoms with Gasteiger partial charge in [-0.15, -0.1) is 0 Å². The lowest BCUT2D eigenvalue weighted by Gasteiger charge is -1.99. The van der Waals surface area contributed by atoms with Crippen molar-refractivity contribution in [1.29, 1.82) is 0 Å². The lowest BCUT2D eigenvalue weighted by Crippen LogP contribution is -1.90. The van der Waals surface area contributed by atoms with Gasteiger partial charge in [-0.3, -0.25) is 0 Å². The number of aromatic nitrogens is 2. The molecule has 0 spiro atoms. The largest absolute Gasteiger partial charge is 0.384 e. The third kappa shape index (κ3) is 2.15. The fraction of sp³-hybridized carbons (Fsp3) is 0.273. The van der Waals surface area contributed by atoms with Crippen LogP contribution in [0.25, 0.3) is 11.4 Å². The summed E-state index contributed by atoms with van der Waals surface area (Å²) in [5.74, 6) is 0.711. The Labute approximate surface area is 101 Å². The first-order valence-electron chi connectivity index (χ1n) is 4.86. The number of halogens is 1. The van der Waals surface area contributed by atoms with Crippen molar-refractivity contribution in [3.63, 3.8) is 0 Å². The SMILES string of the molecule is Cc1ccc(-c2noc(C(C)O)n2)cc1Br. The van der Waals surface area contributed by atoms with E-state index in [9.17, 15) is 5.11 Å². The third-order valence-corrected chi connectivity index (χ3v) is 3.08. The standard InChI is InChI=1S/C11H11BrN2O2/c1-6-3-4-8(5-9(6)12)10-13-11(7(2)15)16-14-10/h3-5,7,15H,1-2H3. The van der Waals surface area contributed by atoms with Crippen LogP contribution in [-0.2, 0) is 0 Å². The normalized spacial score (nSPS) is 12.8. The average Bonchev–Trinajstić information content (AvgIpc) is 2.71. The zero-order valence-corrected chi connectivity index (χ0v) is 10.5. The monoisotopic (exact) mass is 282 g/mol. The minimum Gasteiger partial charge on any atom is -0.384 e. The maximum atomic E-state index is 9.28. The van der Waals surface area contributed by atoms with Crippen LogP contribution >= 0.6 is 15.9 Å². The first kappa shape index (κ1) is 11.3. The number of hydrogen-bond acceptors (Lipinski definition) is 4. The second-order valence-electron chi connectivity index (χ2n) is 3.60. The van der Waals surface area contributed by atoms with Crippen LogP contribution in [0, 0.1) is 6.92 Å². The number of aliphatic hydroxyl groups excluding tert-OH is 1. The van der Waals surface area contributed by atoms with Crippen molar-refractivity contribution in [3.8, 4) is 11.4 Å². The first-order valence-corrected chi connectivity index (χ1v) is 5.65. The zero-order chi connectivity index (χ0) is 11.7. The van der Waals surface area contributed by atoms with E-state index in [-0.39, 0.29) is 5.89 Å². The molecule has 0 aliphatic rings. The molecule has 5 heteroatoms. The fourth-order valence-corrected chi connectivity index (χ4v) is 1.63. The molecule has 0 saturated heterocycles. The Balaban J connectivity index is 2.39. The van der Waals surface area contributed by atoms with Gasteiger partial charge in [0.25, 0.3) is 5.89 Å². The second-order valence-corrected chi connectivity index (χ2v) is 4.45. The van der Waals surface area contributed by atoms with Crippen molar-refractivity contribution in [1.82, 2.24) is 10.1 Å². The van der Waals surface area contributed by atoms with Crippen LogP contribution < -0.4 is 0 Å². The van der Waals surface area contributed by atoms with Crippen molar-refractivity contribution < 1.29 is 9.63 Å². The van der Waals surface area contributed by atoms with Crippen LogP contribution in [0.5, 0.6) is 0 Å². The van der Waals surface area contributed by atoms with Crippen molar-refractivity contribution >= 4 is 15.9 Å². The molecular formula is C11H11BrN2O2. The van der Waals surface area contributed by atoms with Gasteiger partial charge < -0.3 is 9.63 Å². The molecule has 0 amide bonds. The lowest BCUT2D eigenvalue weighted by atomic mass is 10.1. The van der Waals surface area contributed by atoms with Gasteiger partial charge in [-0.2, -0.15) is 4.98 Å². The Bertz CT molecular complexity index is 508. The molecular weight excluding hydrogens is 272 g/mol. The average molecular weight is 283 g/mol. The predicted molar refractivity (Wildman–Crippen MR) is 62.8 cm³/mol. The molecule has 0 bridgehead atoms. The Morgan fingerprint density at radius 3 is 2.75 bits per heavy atom. The first-order chi connectivity index (χ1) is 7.58. The molecule has 2 rings (SSSR count). The van der Waals surface area contributed by atoms with Crippen LogP contribution in [0.2, 0.25) is 0 Å². The van der Waals surface area contributed by atoms with Gasteiger partial charge in [0, 0.05) is 10.0 Å². The van der Waals surface area contributed by atoms with E-state index in [1.54, 1.807) is 6.92 Å². The van der Waals surface area contributed by atoms with Gasteiger partial charge in [0.2, 0.25) is 5.82 Å². The molecule has 16 heavy (non-hydrogen) atoms. The van der Waals surface area contributed by atoms with Crippen LogP contribution in [0.3, 0.4) is 0 Å². The number of nitrogens with zero attached hydrogens (tertiary/aromatic N) is 2. The van der Waals surface area contributed by atoms with E-state index in [0.717, 1.165) is 15.6 Å². The molecule has 1 unspecified atom stereocenters. The summed E-state index contributed by atoms with van der Waals surface area (Å²) in [5, 5.41) is 13.1. The summed E-state index contributed by atoms with van der Waals surface area (Å²) in [5.41, 5.74) is 2.00. The summed E-state index contributed by atoms with van der Waals surface area (Å²) in [7, 11) is 0. The highest BCUT2D eigenvalue weighted by Crippen LogP contribution is 2.24. The van der Waals surface area contributed by atoms with Crippen molar-refractivity contribution in [3.05, 3.63) is 34.1 Å². The Morgan fingerprint density at radius 2 is 2.19 bits per heavy atom. The van der Waals surface area contributed by atoms with Crippen LogP contribution in [0.4, 0.5) is 0 Å². The molecule has 0 radical (unpaired) electrons. The van der Waals surface area contributed by atoms with Gasteiger partial charge in [0.1, 0.15) is 6.10 Å². The highest BCUT2D eigenvalue weighted by atomic mass is 79.9. The molecule has 0 aliphatic heterocycles. The Morgan fingerprint density at radius 1 is 1.44 bits per heavy atom. The highest BCUT2D eigenvalue weighted by Gasteiger charge is 2.12. The molecule has 1 atom stereocenters. The second kappa shape index (κ2) is 4.35. The van der Waals surface area contributed by atoms with E-state index in [1.165, 1.54) is 0 Å². The Hall–Kier alpha value is -1.20. The van der Waals surface area contributed by atoms with Gasteiger partial charge in [0.15, 0.2) is 0 Å². The lowest BCUT2D eigenvalue weighted by molar-refractivity contribution is 0.152. The number of aryl methyl sites for hydroxylation is 1. The molecule has 4 nitrogen and oxygen atoms in total. The molecule has 0 saturated carbocycles. The molecule has 0 fully saturated rings. The Kier molecular flexibility index (Phi) is 3.07. The number of benzene rings is 1. The summed E-state index contributed by atoms with van der Waals surface area (Å²) in [6.45, 7) is 3.59. The van der Waals surface area contributed by atoms with E-state index in [4.69, 9.17) is 4.52 Å². The number of aliphatic hydroxyl groups is 1. The molecule has 1 N–H and O–H groups in total. The van der Waals surface area contributed by atoms with E-state index in [2.05, 4.69) is 26.1 Å². The molecule has 0 aliphatic carbocycles. The van der Waals surface area contributed by atoms with E-state index in [1.807, 2.05) is 25.1 Å². The summed E-state index contributed by atoms with van der Waals surface area (Å²) < 4.78 is 5.92. The van der Waals surface area contributed by atoms with Gasteiger partial charge >= 0.3 is 0 Å². The summed E-state index contributed by atoms with van der Waals surface area (Å²) in [6.07, 6.45) is -0.741. The maximum absolute atomic E-state index is 9.28. The van der Waals surface area contributed by atoms with Crippen LogP contribution in [-0.4, -0.2) is 15.2 Å². The summed E-state index contributed by atoms with van der Waals surface area (Å²) in [6, 6.07) is 5.81. The van der Waals surface area contributed by atoms with Gasteiger partial charge in [-0.05, 0) is 25.5 Å². The molecule has 1 heterocycles. The quantitative estimate of drug-likeness (QED) is 0.920. The molecule has 1 aromatic carbocycles. The van der Waals surface area contributed by atoms with Crippen molar-refractivity contribution in [2.45, 2.75) is 20.0 Å². The van der Waals surface area contributed by atoms with Gasteiger partial charge in [-0.1, -0.05) is 33.2 Å². The van der Waals surface area contributed by atoms with Crippen molar-refractivity contribution in [2.24, 2.45) is 0 Å². The molecule has 84 valence electrons. The topological polar surface area (TPSA) is 59.2 Å². The fourth-order valence-electron chi connectivity index (χ4n) is 1.25. The minimum absolute atomic E-state index is 0.228. The van der Waals surface area contributed by atoms with Crippen LogP contribution in [0.1, 0.15) is 24.5 Å². The van der Waals surface area contributed by atoms with E-state index >= 15 is 0 Å². The van der Waals surface area contributed by atoms with E-state index < -0.39 is 6.10 Å². The molecule has 2 aromatic rings. The zero-order valence-electron chi connectivity index (χ0n) is 8.94. The highest BCUT2D eigenvalue weighted by molar-refractivity contribution is 9.10. The number of rotatable bonds is 2. The van der Waals surface area contributed by atoms with Crippen LogP contribution in [0.15, 0.2) is 27.2 Å². The third-order valence-electron chi connectivity index (χ3n) is 2.23. The summed E-state index contributed by atoms with van der Waals surface area (Å²) in [4.78, 5) is 4.10. The van der Waals surface area contributed by atoms with Gasteiger partial charge in [-0.25, -0.2) is 0 Å². The minimum atomic E-state index is -0.741. The molecule has 1 aromatic heterocycles. The van der Waals surface area contributed by atoms with E-state index in [0.29, 0.717) is 5.82 Å². The van der Waals surface area contributed by atoms with Gasteiger partial charge in [0.05, 0.1) is 0 Å². The number of hydrogen-bond donors (Lipinski definition) is 1. The predicted octanol–water partition coefficient (Wildman–Crippen LogP) is 2.86. The summed E-state index contributed by atoms with van der Waals surface area (Å²) >= 11 is 3.44.